The lowest BCUT2D eigenvalue weighted by molar-refractivity contribution is -0.143. The fourth-order valence-corrected chi connectivity index (χ4v) is 2.71. The van der Waals surface area contributed by atoms with Gasteiger partial charge >= 0.3 is 5.97 Å². The van der Waals surface area contributed by atoms with E-state index in [0.29, 0.717) is 6.42 Å². The minimum absolute atomic E-state index is 0.218. The van der Waals surface area contributed by atoms with Gasteiger partial charge in [0.25, 0.3) is 0 Å². The number of nitrogens with one attached hydrogen (secondary N) is 1. The molecule has 1 aromatic heterocycles. The van der Waals surface area contributed by atoms with Crippen molar-refractivity contribution >= 4 is 17.7 Å². The van der Waals surface area contributed by atoms with Gasteiger partial charge in [0.2, 0.25) is 0 Å². The summed E-state index contributed by atoms with van der Waals surface area (Å²) in [6, 6.07) is -0.259. The monoisotopic (exact) mass is 297 g/mol. The topological polar surface area (TPSA) is 64.1 Å². The van der Waals surface area contributed by atoms with Crippen LogP contribution in [0.4, 0.5) is 0 Å². The summed E-state index contributed by atoms with van der Waals surface area (Å²) >= 11 is 1.57. The molecule has 20 heavy (non-hydrogen) atoms. The molecule has 0 saturated carbocycles. The molecule has 0 bridgehead atoms. The zero-order chi connectivity index (χ0) is 15.1. The second-order valence-corrected chi connectivity index (χ2v) is 5.63. The molecule has 112 valence electrons. The zero-order valence-electron chi connectivity index (χ0n) is 12.8. The molecule has 0 fully saturated rings. The average Bonchev–Trinajstić information content (AvgIpc) is 2.42. The van der Waals surface area contributed by atoms with E-state index in [-0.39, 0.29) is 12.0 Å². The second kappa shape index (κ2) is 8.21. The number of hydrogen-bond acceptors (Lipinski definition) is 6. The Morgan fingerprint density at radius 3 is 2.40 bits per heavy atom. The first-order chi connectivity index (χ1) is 9.49. The van der Waals surface area contributed by atoms with Crippen LogP contribution >= 0.6 is 11.8 Å². The number of rotatable bonds is 7. The zero-order valence-corrected chi connectivity index (χ0v) is 13.6. The molecule has 1 atom stereocenters. The number of carbonyl (C=O) groups excluding carboxylic acids is 1. The van der Waals surface area contributed by atoms with E-state index in [9.17, 15) is 4.79 Å². The molecule has 1 aromatic rings. The van der Waals surface area contributed by atoms with Crippen molar-refractivity contribution in [2.45, 2.75) is 45.3 Å². The predicted octanol–water partition coefficient (Wildman–Crippen LogP) is 2.04. The van der Waals surface area contributed by atoms with Gasteiger partial charge in [-0.2, -0.15) is 0 Å². The number of thioether (sulfide) groups is 1. The van der Waals surface area contributed by atoms with Gasteiger partial charge in [-0.3, -0.25) is 4.79 Å². The number of nitrogens with zero attached hydrogens (tertiary/aromatic N) is 2. The Morgan fingerprint density at radius 1 is 1.30 bits per heavy atom. The lowest BCUT2D eigenvalue weighted by atomic mass is 10.2. The van der Waals surface area contributed by atoms with Crippen LogP contribution in [-0.4, -0.2) is 41.4 Å². The Kier molecular flexibility index (Phi) is 6.95. The number of ether oxygens (including phenoxy) is 1. The molecular weight excluding hydrogens is 274 g/mol. The van der Waals surface area contributed by atoms with Gasteiger partial charge in [-0.05, 0) is 39.3 Å². The summed E-state index contributed by atoms with van der Waals surface area (Å²) in [6.07, 6.45) is 0.695. The van der Waals surface area contributed by atoms with Crippen molar-refractivity contribution in [3.05, 3.63) is 17.0 Å². The normalized spacial score (nSPS) is 12.2. The standard InChI is InChI=1S/C14H23N3O2S/c1-6-15-12(13(18)19-5)7-8-20-14-16-10(3)9(2)11(4)17-14/h12,15H,6-8H2,1-5H3. The summed E-state index contributed by atoms with van der Waals surface area (Å²) in [4.78, 5) is 20.5. The highest BCUT2D eigenvalue weighted by Gasteiger charge is 2.17. The van der Waals surface area contributed by atoms with Gasteiger partial charge in [0, 0.05) is 17.1 Å². The molecule has 6 heteroatoms. The van der Waals surface area contributed by atoms with Crippen molar-refractivity contribution in [3.63, 3.8) is 0 Å². The Hall–Kier alpha value is -1.14. The first kappa shape index (κ1) is 16.9. The molecule has 1 rings (SSSR count). The number of esters is 1. The van der Waals surface area contributed by atoms with Gasteiger partial charge in [0.1, 0.15) is 6.04 Å². The second-order valence-electron chi connectivity index (χ2n) is 4.57. The van der Waals surface area contributed by atoms with Crippen LogP contribution in [-0.2, 0) is 9.53 Å². The van der Waals surface area contributed by atoms with E-state index in [1.54, 1.807) is 11.8 Å². The Balaban J connectivity index is 2.56. The summed E-state index contributed by atoms with van der Waals surface area (Å²) in [5.41, 5.74) is 3.15. The number of carbonyl (C=O) groups is 1. The van der Waals surface area contributed by atoms with Crippen molar-refractivity contribution in [2.24, 2.45) is 0 Å². The van der Waals surface area contributed by atoms with E-state index < -0.39 is 0 Å². The summed E-state index contributed by atoms with van der Waals surface area (Å²) in [7, 11) is 1.41. The molecule has 0 aromatic carbocycles. The van der Waals surface area contributed by atoms with E-state index in [0.717, 1.165) is 34.4 Å². The molecule has 0 spiro atoms. The van der Waals surface area contributed by atoms with Crippen LogP contribution in [0.1, 0.15) is 30.3 Å². The number of hydrogen-bond donors (Lipinski definition) is 1. The van der Waals surface area contributed by atoms with Crippen LogP contribution in [0.2, 0.25) is 0 Å². The molecule has 1 heterocycles. The van der Waals surface area contributed by atoms with Crippen LogP contribution in [0.5, 0.6) is 0 Å². The molecule has 5 nitrogen and oxygen atoms in total. The van der Waals surface area contributed by atoms with Crippen LogP contribution in [0.3, 0.4) is 0 Å². The molecular formula is C14H23N3O2S. The highest BCUT2D eigenvalue weighted by atomic mass is 32.2. The summed E-state index contributed by atoms with van der Waals surface area (Å²) in [6.45, 7) is 8.72. The van der Waals surface area contributed by atoms with Crippen molar-refractivity contribution in [1.82, 2.24) is 15.3 Å². The quantitative estimate of drug-likeness (QED) is 0.472. The van der Waals surface area contributed by atoms with Crippen LogP contribution in [0, 0.1) is 20.8 Å². The van der Waals surface area contributed by atoms with Crippen molar-refractivity contribution in [2.75, 3.05) is 19.4 Å². The fraction of sp³-hybridized carbons (Fsp3) is 0.643. The SMILES string of the molecule is CCNC(CCSc1nc(C)c(C)c(C)n1)C(=O)OC. The third-order valence-corrected chi connectivity index (χ3v) is 4.07. The molecule has 1 N–H and O–H groups in total. The highest BCUT2D eigenvalue weighted by molar-refractivity contribution is 7.99. The van der Waals surface area contributed by atoms with Gasteiger partial charge in [0.15, 0.2) is 5.16 Å². The number of likely N-dealkylation sites (N-methyl/N-ethyl adjacent to an activating group) is 1. The lowest BCUT2D eigenvalue weighted by Crippen LogP contribution is -2.37. The van der Waals surface area contributed by atoms with Crippen molar-refractivity contribution in [1.29, 1.82) is 0 Å². The number of methoxy groups -OCH3 is 1. The Morgan fingerprint density at radius 2 is 1.90 bits per heavy atom. The molecule has 1 unspecified atom stereocenters. The number of aryl methyl sites for hydroxylation is 2. The predicted molar refractivity (Wildman–Crippen MR) is 81.1 cm³/mol. The van der Waals surface area contributed by atoms with E-state index in [1.165, 1.54) is 7.11 Å². The highest BCUT2D eigenvalue weighted by Crippen LogP contribution is 2.18. The Bertz CT molecular complexity index is 443. The summed E-state index contributed by atoms with van der Waals surface area (Å²) < 4.78 is 4.78. The third-order valence-electron chi connectivity index (χ3n) is 3.19. The maximum Gasteiger partial charge on any atom is 0.322 e. The maximum atomic E-state index is 11.6. The first-order valence-electron chi connectivity index (χ1n) is 6.75. The smallest absolute Gasteiger partial charge is 0.322 e. The molecule has 0 aliphatic heterocycles. The fourth-order valence-electron chi connectivity index (χ4n) is 1.77. The lowest BCUT2D eigenvalue weighted by Gasteiger charge is -2.14. The first-order valence-corrected chi connectivity index (χ1v) is 7.74. The van der Waals surface area contributed by atoms with Crippen LogP contribution < -0.4 is 5.32 Å². The molecule has 0 saturated heterocycles. The van der Waals surface area contributed by atoms with E-state index >= 15 is 0 Å². The molecule has 0 amide bonds. The van der Waals surface area contributed by atoms with E-state index in [2.05, 4.69) is 15.3 Å². The number of aromatic nitrogens is 2. The van der Waals surface area contributed by atoms with Crippen molar-refractivity contribution in [3.8, 4) is 0 Å². The van der Waals surface area contributed by atoms with Crippen LogP contribution in [0.25, 0.3) is 0 Å². The van der Waals surface area contributed by atoms with E-state index in [1.807, 2.05) is 27.7 Å². The minimum atomic E-state index is -0.259. The average molecular weight is 297 g/mol. The third kappa shape index (κ3) is 4.76. The van der Waals surface area contributed by atoms with Gasteiger partial charge in [0.05, 0.1) is 7.11 Å². The van der Waals surface area contributed by atoms with Gasteiger partial charge in [-0.1, -0.05) is 18.7 Å². The summed E-state index contributed by atoms with van der Waals surface area (Å²) in [5, 5.41) is 3.89. The maximum absolute atomic E-state index is 11.6. The minimum Gasteiger partial charge on any atom is -0.468 e. The van der Waals surface area contributed by atoms with Gasteiger partial charge in [-0.25, -0.2) is 9.97 Å². The van der Waals surface area contributed by atoms with Crippen molar-refractivity contribution < 1.29 is 9.53 Å². The molecule has 0 aliphatic rings. The van der Waals surface area contributed by atoms with Gasteiger partial charge < -0.3 is 10.1 Å². The summed E-state index contributed by atoms with van der Waals surface area (Å²) in [5.74, 6) is 0.555. The van der Waals surface area contributed by atoms with Gasteiger partial charge in [-0.15, -0.1) is 0 Å². The molecule has 0 aliphatic carbocycles. The Labute approximate surface area is 124 Å². The largest absolute Gasteiger partial charge is 0.468 e. The van der Waals surface area contributed by atoms with Crippen LogP contribution in [0.15, 0.2) is 5.16 Å². The molecule has 0 radical (unpaired) electrons. The van der Waals surface area contributed by atoms with E-state index in [4.69, 9.17) is 4.74 Å².